The molecule has 1 amide bonds. The van der Waals surface area contributed by atoms with E-state index >= 15 is 0 Å². The van der Waals surface area contributed by atoms with Crippen LogP contribution in [-0.4, -0.2) is 60.5 Å². The number of hydrogen-bond donors (Lipinski definition) is 2. The Bertz CT molecular complexity index is 1230. The van der Waals surface area contributed by atoms with Crippen molar-refractivity contribution in [2.24, 2.45) is 39.7 Å². The summed E-state index contributed by atoms with van der Waals surface area (Å²) < 4.78 is 0. The highest BCUT2D eigenvalue weighted by Crippen LogP contribution is 2.65. The van der Waals surface area contributed by atoms with Gasteiger partial charge in [0.15, 0.2) is 6.61 Å². The largest absolute Gasteiger partial charge is 0.393 e. The molecule has 6 rings (SSSR count). The van der Waals surface area contributed by atoms with Crippen molar-refractivity contribution in [3.8, 4) is 0 Å². The Hall–Kier alpha value is -2.18. The monoisotopic (exact) mass is 589 g/mol. The Balaban J connectivity index is 1.03. The third-order valence-electron chi connectivity index (χ3n) is 13.5. The molecular formula is C37H55N3O3. The number of likely N-dealkylation sites (tertiary alicyclic amines) is 1. The summed E-state index contributed by atoms with van der Waals surface area (Å²) in [5.41, 5.74) is 4.30. The number of aliphatic hydroxyl groups excluding tert-OH is 1. The van der Waals surface area contributed by atoms with Crippen molar-refractivity contribution in [1.29, 1.82) is 0 Å². The fourth-order valence-electron chi connectivity index (χ4n) is 10.6. The molecule has 6 heteroatoms. The molecule has 1 aliphatic heterocycles. The topological polar surface area (TPSA) is 74.2 Å². The van der Waals surface area contributed by atoms with E-state index in [0.717, 1.165) is 63.1 Å². The third-order valence-corrected chi connectivity index (χ3v) is 13.5. The number of amides is 1. The van der Waals surface area contributed by atoms with Crippen LogP contribution in [0.4, 0.5) is 0 Å². The molecule has 6 nitrogen and oxygen atoms in total. The number of carbonyl (C=O) groups excluding carboxylic acids is 1. The average molecular weight is 590 g/mol. The molecule has 0 aromatic heterocycles. The predicted molar refractivity (Wildman–Crippen MR) is 173 cm³/mol. The van der Waals surface area contributed by atoms with Crippen molar-refractivity contribution < 1.29 is 14.7 Å². The van der Waals surface area contributed by atoms with Gasteiger partial charge in [-0.25, -0.2) is 0 Å². The summed E-state index contributed by atoms with van der Waals surface area (Å²) in [6, 6.07) is 11.4. The Kier molecular flexibility index (Phi) is 8.58. The van der Waals surface area contributed by atoms with Crippen LogP contribution in [0.2, 0.25) is 0 Å². The molecule has 3 saturated carbocycles. The van der Waals surface area contributed by atoms with Crippen LogP contribution in [0, 0.1) is 34.5 Å². The second-order valence-corrected chi connectivity index (χ2v) is 15.5. The van der Waals surface area contributed by atoms with E-state index in [4.69, 9.17) is 4.84 Å². The van der Waals surface area contributed by atoms with Crippen molar-refractivity contribution in [2.45, 2.75) is 109 Å². The number of piperidine rings is 1. The minimum atomic E-state index is -0.117. The molecule has 1 aromatic carbocycles. The van der Waals surface area contributed by atoms with Gasteiger partial charge in [-0.2, -0.15) is 0 Å². The van der Waals surface area contributed by atoms with Crippen molar-refractivity contribution in [3.05, 3.63) is 47.5 Å². The molecule has 1 aromatic rings. The average Bonchev–Trinajstić information content (AvgIpc) is 3.30. The first-order valence-electron chi connectivity index (χ1n) is 17.2. The molecule has 43 heavy (non-hydrogen) atoms. The Labute approximate surface area is 259 Å². The van der Waals surface area contributed by atoms with Crippen molar-refractivity contribution in [2.75, 3.05) is 26.7 Å². The molecule has 4 aliphatic carbocycles. The second kappa shape index (κ2) is 12.0. The maximum Gasteiger partial charge on any atom is 0.260 e. The summed E-state index contributed by atoms with van der Waals surface area (Å²) in [5, 5.41) is 18.3. The van der Waals surface area contributed by atoms with Gasteiger partial charge in [0.2, 0.25) is 0 Å². The summed E-state index contributed by atoms with van der Waals surface area (Å²) in [4.78, 5) is 20.9. The van der Waals surface area contributed by atoms with Gasteiger partial charge in [-0.3, -0.25) is 4.79 Å². The molecule has 1 saturated heterocycles. The van der Waals surface area contributed by atoms with E-state index in [0.29, 0.717) is 30.3 Å². The summed E-state index contributed by atoms with van der Waals surface area (Å²) in [7, 11) is 2.22. The number of rotatable bonds is 7. The highest BCUT2D eigenvalue weighted by Gasteiger charge is 2.58. The Morgan fingerprint density at radius 1 is 1.07 bits per heavy atom. The van der Waals surface area contributed by atoms with Gasteiger partial charge in [0.1, 0.15) is 0 Å². The van der Waals surface area contributed by atoms with Gasteiger partial charge < -0.3 is 20.2 Å². The SMILES string of the molecule is CC1CC(CCNC(=O)CON=C2C=C3CC[C@H]4[C@@H]5CC[C@H](O)[C@@]5(C)CC[C@@H]4[C@@]3(C)CC2)(c2ccccc2)C(C)CN1C. The quantitative estimate of drug-likeness (QED) is 0.357. The number of nitrogens with zero attached hydrogens (tertiary/aromatic N) is 2. The molecule has 2 N–H and O–H groups in total. The Morgan fingerprint density at radius 2 is 1.86 bits per heavy atom. The smallest absolute Gasteiger partial charge is 0.260 e. The summed E-state index contributed by atoms with van der Waals surface area (Å²) in [6.07, 6.45) is 13.1. The van der Waals surface area contributed by atoms with E-state index in [1.165, 1.54) is 30.4 Å². The van der Waals surface area contributed by atoms with Gasteiger partial charge >= 0.3 is 0 Å². The number of nitrogens with one attached hydrogen (secondary N) is 1. The van der Waals surface area contributed by atoms with E-state index in [-0.39, 0.29) is 34.9 Å². The first-order valence-corrected chi connectivity index (χ1v) is 17.2. The fraction of sp³-hybridized carbons (Fsp3) is 0.730. The van der Waals surface area contributed by atoms with Gasteiger partial charge in [-0.05, 0) is 124 Å². The van der Waals surface area contributed by atoms with E-state index in [2.05, 4.69) is 86.5 Å². The number of hydrogen-bond acceptors (Lipinski definition) is 5. The zero-order valence-electron chi connectivity index (χ0n) is 27.3. The van der Waals surface area contributed by atoms with E-state index in [9.17, 15) is 9.90 Å². The number of carbonyl (C=O) groups is 1. The van der Waals surface area contributed by atoms with E-state index < -0.39 is 0 Å². The van der Waals surface area contributed by atoms with E-state index in [1.54, 1.807) is 0 Å². The van der Waals surface area contributed by atoms with Gasteiger partial charge in [0.05, 0.1) is 11.8 Å². The molecule has 4 fully saturated rings. The van der Waals surface area contributed by atoms with Crippen LogP contribution < -0.4 is 5.32 Å². The van der Waals surface area contributed by atoms with Crippen LogP contribution in [0.5, 0.6) is 0 Å². The lowest BCUT2D eigenvalue weighted by molar-refractivity contribution is -0.125. The third kappa shape index (κ3) is 5.49. The molecule has 0 radical (unpaired) electrons. The second-order valence-electron chi connectivity index (χ2n) is 15.5. The van der Waals surface area contributed by atoms with Crippen LogP contribution >= 0.6 is 0 Å². The molecule has 1 heterocycles. The first-order chi connectivity index (χ1) is 20.6. The van der Waals surface area contributed by atoms with Gasteiger partial charge in [0.25, 0.3) is 5.91 Å². The highest BCUT2D eigenvalue weighted by atomic mass is 16.6. The summed E-state index contributed by atoms with van der Waals surface area (Å²) >= 11 is 0. The number of allylic oxidation sites excluding steroid dienone is 2. The zero-order valence-corrected chi connectivity index (χ0v) is 27.3. The Morgan fingerprint density at radius 3 is 2.65 bits per heavy atom. The van der Waals surface area contributed by atoms with Crippen molar-refractivity contribution >= 4 is 11.6 Å². The maximum atomic E-state index is 12.8. The molecule has 3 unspecified atom stereocenters. The fourth-order valence-corrected chi connectivity index (χ4v) is 10.6. The van der Waals surface area contributed by atoms with Gasteiger partial charge in [-0.1, -0.05) is 61.8 Å². The zero-order chi connectivity index (χ0) is 30.4. The van der Waals surface area contributed by atoms with Crippen molar-refractivity contribution in [3.63, 3.8) is 0 Å². The molecular weight excluding hydrogens is 534 g/mol. The standard InChI is InChI=1S/C37H55N3O3/c1-25-23-40(5)26(2)22-37(25,27-9-7-6-8-10-27)19-20-38-34(42)24-43-39-29-15-17-35(3)28(21-29)11-12-30-31-13-14-33(41)36(31,4)18-16-32(30)35/h6-10,21,25-26,30-33,41H,11-20,22-24H2,1-5H3,(H,38,42)/t25?,26?,30-,31-,32-,33-,35-,36-,37?/m0/s1. The van der Waals surface area contributed by atoms with Crippen LogP contribution in [0.3, 0.4) is 0 Å². The van der Waals surface area contributed by atoms with Gasteiger partial charge in [0, 0.05) is 24.5 Å². The minimum absolute atomic E-state index is 0.0374. The van der Waals surface area contributed by atoms with Crippen LogP contribution in [0.1, 0.15) is 97.5 Å². The number of fused-ring (bicyclic) bond motifs is 5. The normalized spacial score (nSPS) is 42.0. The van der Waals surface area contributed by atoms with Gasteiger partial charge in [-0.15, -0.1) is 0 Å². The summed E-state index contributed by atoms with van der Waals surface area (Å²) in [6.45, 7) is 11.2. The minimum Gasteiger partial charge on any atom is -0.393 e. The van der Waals surface area contributed by atoms with Crippen LogP contribution in [0.25, 0.3) is 0 Å². The predicted octanol–water partition coefficient (Wildman–Crippen LogP) is 6.49. The number of aliphatic hydroxyl groups is 1. The summed E-state index contributed by atoms with van der Waals surface area (Å²) in [5.74, 6) is 2.51. The first kappa shape index (κ1) is 30.8. The van der Waals surface area contributed by atoms with Crippen LogP contribution in [0.15, 0.2) is 47.1 Å². The highest BCUT2D eigenvalue weighted by molar-refractivity contribution is 5.96. The lowest BCUT2D eigenvalue weighted by Gasteiger charge is -2.57. The lowest BCUT2D eigenvalue weighted by Crippen LogP contribution is -2.52. The van der Waals surface area contributed by atoms with Crippen LogP contribution in [-0.2, 0) is 15.0 Å². The molecule has 9 atom stereocenters. The molecule has 0 spiro atoms. The number of benzene rings is 1. The molecule has 5 aliphatic rings. The lowest BCUT2D eigenvalue weighted by atomic mass is 9.47. The molecule has 0 bridgehead atoms. The van der Waals surface area contributed by atoms with E-state index in [1.807, 2.05) is 0 Å². The number of oxime groups is 1. The maximum absolute atomic E-state index is 12.8. The van der Waals surface area contributed by atoms with Crippen molar-refractivity contribution in [1.82, 2.24) is 10.2 Å². The molecule has 236 valence electrons.